The molecule has 2 N–H and O–H groups in total. The fourth-order valence-corrected chi connectivity index (χ4v) is 6.09. The monoisotopic (exact) mass is 476 g/mol. The Labute approximate surface area is 203 Å². The lowest BCUT2D eigenvalue weighted by atomic mass is 9.69. The minimum Gasteiger partial charge on any atom is -0.384 e. The molecule has 1 atom stereocenters. The van der Waals surface area contributed by atoms with Crippen LogP contribution in [-0.4, -0.2) is 10.7 Å². The van der Waals surface area contributed by atoms with Crippen LogP contribution in [0.1, 0.15) is 62.1 Å². The fraction of sp³-hybridized carbons (Fsp3) is 0.385. The first kappa shape index (κ1) is 23.7. The van der Waals surface area contributed by atoms with Gasteiger partial charge in [0.1, 0.15) is 11.5 Å². The van der Waals surface area contributed by atoms with Gasteiger partial charge in [-0.2, -0.15) is 5.26 Å². The van der Waals surface area contributed by atoms with Gasteiger partial charge >= 0.3 is 0 Å². The molecule has 4 rings (SSSR count). The highest BCUT2D eigenvalue weighted by atomic mass is 32.1. The molecule has 0 saturated carbocycles. The maximum Gasteiger partial charge on any atom is 0.293 e. The zero-order valence-electron chi connectivity index (χ0n) is 19.6. The van der Waals surface area contributed by atoms with Gasteiger partial charge in [0.25, 0.3) is 5.69 Å². The van der Waals surface area contributed by atoms with Crippen molar-refractivity contribution in [3.8, 4) is 6.07 Å². The molecule has 7 nitrogen and oxygen atoms in total. The number of nitro groups is 1. The maximum atomic E-state index is 13.6. The fourth-order valence-electron chi connectivity index (χ4n) is 4.91. The van der Waals surface area contributed by atoms with E-state index in [1.807, 2.05) is 19.9 Å². The van der Waals surface area contributed by atoms with Crippen LogP contribution in [0.2, 0.25) is 0 Å². The van der Waals surface area contributed by atoms with Crippen LogP contribution in [0, 0.1) is 26.9 Å². The number of nitriles is 1. The number of rotatable bonds is 6. The number of anilines is 1. The highest BCUT2D eigenvalue weighted by Crippen LogP contribution is 2.52. The number of carbonyl (C=O) groups is 1. The van der Waals surface area contributed by atoms with Crippen molar-refractivity contribution in [3.63, 3.8) is 0 Å². The van der Waals surface area contributed by atoms with E-state index in [1.165, 1.54) is 10.9 Å². The number of allylic oxidation sites excluding steroid dienone is 3. The van der Waals surface area contributed by atoms with Crippen LogP contribution in [0.25, 0.3) is 0 Å². The molecule has 1 aliphatic heterocycles. The van der Waals surface area contributed by atoms with E-state index < -0.39 is 10.8 Å². The average Bonchev–Trinajstić information content (AvgIpc) is 3.24. The SMILES string of the molecule is CCCCc1ccc(C2C(C#N)=C(N)N(c3ccccc3[N+](=O)[O-])C3=C2C(=O)CC(C)(C)C3)s1. The molecule has 1 aromatic carbocycles. The summed E-state index contributed by atoms with van der Waals surface area (Å²) in [6.45, 7) is 6.16. The summed E-state index contributed by atoms with van der Waals surface area (Å²) >= 11 is 1.61. The number of benzene rings is 1. The highest BCUT2D eigenvalue weighted by molar-refractivity contribution is 7.12. The van der Waals surface area contributed by atoms with Gasteiger partial charge in [-0.15, -0.1) is 11.3 Å². The van der Waals surface area contributed by atoms with Gasteiger partial charge in [-0.1, -0.05) is 39.3 Å². The molecule has 2 heterocycles. The summed E-state index contributed by atoms with van der Waals surface area (Å²) in [5, 5.41) is 22.0. The van der Waals surface area contributed by atoms with Crippen molar-refractivity contribution in [3.05, 3.63) is 78.9 Å². The molecule has 2 aliphatic rings. The van der Waals surface area contributed by atoms with Crippen LogP contribution in [0.3, 0.4) is 0 Å². The van der Waals surface area contributed by atoms with Crippen molar-refractivity contribution < 1.29 is 9.72 Å². The van der Waals surface area contributed by atoms with Crippen molar-refractivity contribution in [2.75, 3.05) is 4.90 Å². The molecule has 0 spiro atoms. The van der Waals surface area contributed by atoms with E-state index in [9.17, 15) is 20.2 Å². The summed E-state index contributed by atoms with van der Waals surface area (Å²) in [5.74, 6) is -0.443. The van der Waals surface area contributed by atoms with Gasteiger partial charge in [0, 0.05) is 33.5 Å². The number of nitrogens with two attached hydrogens (primary N) is 1. The Bertz CT molecular complexity index is 1260. The lowest BCUT2D eigenvalue weighted by molar-refractivity contribution is -0.384. The van der Waals surface area contributed by atoms with Crippen molar-refractivity contribution in [1.82, 2.24) is 0 Å². The lowest BCUT2D eigenvalue weighted by Crippen LogP contribution is -2.42. The second-order valence-corrected chi connectivity index (χ2v) is 10.8. The molecule has 0 bridgehead atoms. The van der Waals surface area contributed by atoms with E-state index in [0.29, 0.717) is 24.1 Å². The summed E-state index contributed by atoms with van der Waals surface area (Å²) in [4.78, 5) is 28.6. The standard InChI is InChI=1S/C26H28N4O3S/c1-4-5-8-16-11-12-22(34-16)23-17(15-27)25(28)29(18-9-6-7-10-19(18)30(32)33)20-13-26(2,3)14-21(31)24(20)23/h6-7,9-12,23H,4-5,8,13-14,28H2,1-3H3. The first-order valence-electron chi connectivity index (χ1n) is 11.5. The van der Waals surface area contributed by atoms with Gasteiger partial charge in [0.2, 0.25) is 0 Å². The van der Waals surface area contributed by atoms with E-state index in [-0.39, 0.29) is 34.0 Å². The number of nitrogens with zero attached hydrogens (tertiary/aromatic N) is 3. The summed E-state index contributed by atoms with van der Waals surface area (Å²) in [6, 6.07) is 12.6. The van der Waals surface area contributed by atoms with Crippen molar-refractivity contribution in [2.45, 2.75) is 58.8 Å². The summed E-state index contributed by atoms with van der Waals surface area (Å²) in [6.07, 6.45) is 3.97. The third-order valence-electron chi connectivity index (χ3n) is 6.44. The number of hydrogen-bond donors (Lipinski definition) is 1. The Morgan fingerprint density at radius 2 is 2.00 bits per heavy atom. The number of carbonyl (C=O) groups excluding carboxylic acids is 1. The van der Waals surface area contributed by atoms with E-state index in [2.05, 4.69) is 19.1 Å². The van der Waals surface area contributed by atoms with Crippen molar-refractivity contribution >= 4 is 28.5 Å². The van der Waals surface area contributed by atoms with Crippen LogP contribution in [0.4, 0.5) is 11.4 Å². The summed E-state index contributed by atoms with van der Waals surface area (Å²) in [5.41, 5.74) is 7.86. The number of para-hydroxylation sites is 2. The zero-order valence-corrected chi connectivity index (χ0v) is 20.4. The van der Waals surface area contributed by atoms with Crippen molar-refractivity contribution in [2.24, 2.45) is 11.1 Å². The number of thiophene rings is 1. The van der Waals surface area contributed by atoms with Crippen LogP contribution >= 0.6 is 11.3 Å². The first-order chi connectivity index (χ1) is 16.2. The van der Waals surface area contributed by atoms with E-state index in [0.717, 1.165) is 24.1 Å². The van der Waals surface area contributed by atoms with Gasteiger partial charge in [-0.3, -0.25) is 19.8 Å². The number of Topliss-reactive ketones (excluding diaryl/α,β-unsaturated/α-hetero) is 1. The van der Waals surface area contributed by atoms with Gasteiger partial charge in [-0.05, 0) is 42.9 Å². The van der Waals surface area contributed by atoms with E-state index >= 15 is 0 Å². The summed E-state index contributed by atoms with van der Waals surface area (Å²) < 4.78 is 0. The molecule has 0 amide bonds. The third-order valence-corrected chi connectivity index (χ3v) is 7.65. The van der Waals surface area contributed by atoms with E-state index in [4.69, 9.17) is 5.73 Å². The second kappa shape index (κ2) is 9.07. The maximum absolute atomic E-state index is 13.6. The van der Waals surface area contributed by atoms with Gasteiger partial charge in [-0.25, -0.2) is 0 Å². The molecule has 2 aromatic rings. The Morgan fingerprint density at radius 1 is 1.26 bits per heavy atom. The van der Waals surface area contributed by atoms with E-state index in [1.54, 1.807) is 34.4 Å². The van der Waals surface area contributed by atoms with Gasteiger partial charge < -0.3 is 5.73 Å². The normalized spacial score (nSPS) is 19.8. The van der Waals surface area contributed by atoms with Crippen LogP contribution in [0.15, 0.2) is 59.1 Å². The molecule has 0 saturated heterocycles. The number of aryl methyl sites for hydroxylation is 1. The Morgan fingerprint density at radius 3 is 2.68 bits per heavy atom. The molecule has 1 unspecified atom stereocenters. The smallest absolute Gasteiger partial charge is 0.293 e. The minimum absolute atomic E-state index is 0.0383. The highest BCUT2D eigenvalue weighted by Gasteiger charge is 2.46. The average molecular weight is 477 g/mol. The van der Waals surface area contributed by atoms with Gasteiger partial charge in [0.15, 0.2) is 5.78 Å². The largest absolute Gasteiger partial charge is 0.384 e. The minimum atomic E-state index is -0.553. The molecule has 176 valence electrons. The molecule has 0 fully saturated rings. The molecule has 8 heteroatoms. The van der Waals surface area contributed by atoms with Gasteiger partial charge in [0.05, 0.1) is 22.5 Å². The predicted molar refractivity (Wildman–Crippen MR) is 133 cm³/mol. The quantitative estimate of drug-likeness (QED) is 0.408. The molecule has 1 aliphatic carbocycles. The number of ketones is 1. The molecular weight excluding hydrogens is 448 g/mol. The number of hydrogen-bond acceptors (Lipinski definition) is 7. The molecule has 1 aromatic heterocycles. The van der Waals surface area contributed by atoms with Crippen molar-refractivity contribution in [1.29, 1.82) is 5.26 Å². The lowest BCUT2D eigenvalue weighted by Gasteiger charge is -2.43. The Hall–Kier alpha value is -3.44. The Kier molecular flexibility index (Phi) is 6.32. The summed E-state index contributed by atoms with van der Waals surface area (Å²) in [7, 11) is 0. The number of nitro benzene ring substituents is 1. The molecule has 34 heavy (non-hydrogen) atoms. The second-order valence-electron chi connectivity index (χ2n) is 9.63. The topological polar surface area (TPSA) is 113 Å². The first-order valence-corrected chi connectivity index (χ1v) is 12.3. The third kappa shape index (κ3) is 4.12. The van der Waals surface area contributed by atoms with Crippen LogP contribution in [-0.2, 0) is 11.2 Å². The predicted octanol–water partition coefficient (Wildman–Crippen LogP) is 5.94. The number of unbranched alkanes of at least 4 members (excludes halogenated alkanes) is 1. The molecule has 0 radical (unpaired) electrons. The molecular formula is C26H28N4O3S. The Balaban J connectivity index is 1.96. The van der Waals surface area contributed by atoms with Crippen LogP contribution in [0.5, 0.6) is 0 Å². The zero-order chi connectivity index (χ0) is 24.6. The van der Waals surface area contributed by atoms with Crippen LogP contribution < -0.4 is 10.6 Å².